The van der Waals surface area contributed by atoms with Crippen LogP contribution in [0.3, 0.4) is 0 Å². The average molecular weight is 505 g/mol. The number of hydrogen-bond donors (Lipinski definition) is 1. The van der Waals surface area contributed by atoms with Crippen LogP contribution >= 0.6 is 23.1 Å². The maximum Gasteiger partial charge on any atom is 0.305 e. The fourth-order valence-corrected chi connectivity index (χ4v) is 10.0. The standard InChI is InChI=1S/C27H24N2O4S2/c1-12-3-5-13(6-4-12)18-19-16-11-17(22(19)34-24-23(18)35-27(32)28-24)21-20(16)25(30)29(26(21)31)14-7-9-15(33-2)10-8-14/h3-10,16-22H,11H2,1-2H3,(H,28,32)/t16-,17-,18+,19-,20+,21-,22+/m1/s1. The normalized spacial score (nSPS) is 32.5. The highest BCUT2D eigenvalue weighted by molar-refractivity contribution is 8.00. The number of fused-ring (bicyclic) bond motifs is 9. The number of amides is 2. The Balaban J connectivity index is 1.30. The van der Waals surface area contributed by atoms with Crippen molar-refractivity contribution in [1.82, 2.24) is 4.98 Å². The maximum absolute atomic E-state index is 13.8. The first kappa shape index (κ1) is 21.4. The van der Waals surface area contributed by atoms with E-state index in [9.17, 15) is 14.4 Å². The number of aryl methyl sites for hydroxylation is 1. The largest absolute Gasteiger partial charge is 0.497 e. The fraction of sp³-hybridized carbons (Fsp3) is 0.370. The number of nitrogens with one attached hydrogen (secondary N) is 1. The van der Waals surface area contributed by atoms with Crippen LogP contribution in [0.15, 0.2) is 58.4 Å². The van der Waals surface area contributed by atoms with Crippen LogP contribution in [0.4, 0.5) is 5.69 Å². The zero-order chi connectivity index (χ0) is 24.0. The van der Waals surface area contributed by atoms with Gasteiger partial charge in [-0.2, -0.15) is 0 Å². The Kier molecular flexibility index (Phi) is 4.64. The first-order valence-corrected chi connectivity index (χ1v) is 13.6. The van der Waals surface area contributed by atoms with E-state index in [2.05, 4.69) is 36.2 Å². The van der Waals surface area contributed by atoms with E-state index in [1.54, 1.807) is 43.1 Å². The molecule has 6 nitrogen and oxygen atoms in total. The van der Waals surface area contributed by atoms with Crippen molar-refractivity contribution in [3.05, 3.63) is 74.2 Å². The predicted octanol–water partition coefficient (Wildman–Crippen LogP) is 4.43. The van der Waals surface area contributed by atoms with Gasteiger partial charge in [0.2, 0.25) is 11.8 Å². The Hall–Kier alpha value is -2.84. The molecule has 8 heteroatoms. The van der Waals surface area contributed by atoms with E-state index in [1.165, 1.54) is 27.4 Å². The molecule has 2 aliphatic heterocycles. The summed E-state index contributed by atoms with van der Waals surface area (Å²) < 4.78 is 5.25. The number of carbonyl (C=O) groups is 2. The molecule has 2 aromatic carbocycles. The van der Waals surface area contributed by atoms with E-state index in [1.807, 2.05) is 0 Å². The lowest BCUT2D eigenvalue weighted by Crippen LogP contribution is -2.42. The summed E-state index contributed by atoms with van der Waals surface area (Å²) in [6.07, 6.45) is 0.896. The molecule has 3 heterocycles. The van der Waals surface area contributed by atoms with Gasteiger partial charge in [-0.1, -0.05) is 41.2 Å². The van der Waals surface area contributed by atoms with Gasteiger partial charge in [0.15, 0.2) is 0 Å². The molecule has 0 radical (unpaired) electrons. The topological polar surface area (TPSA) is 79.5 Å². The van der Waals surface area contributed by atoms with Crippen molar-refractivity contribution in [1.29, 1.82) is 0 Å². The molecule has 7 atom stereocenters. The van der Waals surface area contributed by atoms with Crippen LogP contribution in [0.2, 0.25) is 0 Å². The molecule has 2 bridgehead atoms. The summed E-state index contributed by atoms with van der Waals surface area (Å²) in [7, 11) is 1.60. The van der Waals surface area contributed by atoms with Crippen molar-refractivity contribution in [2.24, 2.45) is 29.6 Å². The molecular weight excluding hydrogens is 480 g/mol. The fourth-order valence-electron chi connectivity index (χ4n) is 7.15. The molecule has 1 saturated heterocycles. The molecule has 2 saturated carbocycles. The Morgan fingerprint density at radius 1 is 0.943 bits per heavy atom. The lowest BCUT2D eigenvalue weighted by Gasteiger charge is -2.43. The Morgan fingerprint density at radius 3 is 2.31 bits per heavy atom. The third-order valence-corrected chi connectivity index (χ3v) is 11.1. The van der Waals surface area contributed by atoms with Gasteiger partial charge >= 0.3 is 4.87 Å². The summed E-state index contributed by atoms with van der Waals surface area (Å²) in [5.41, 5.74) is 3.00. The lowest BCUT2D eigenvalue weighted by molar-refractivity contribution is -0.123. The number of aromatic amines is 1. The molecule has 1 aromatic heterocycles. The van der Waals surface area contributed by atoms with Crippen LogP contribution in [0.1, 0.15) is 28.3 Å². The van der Waals surface area contributed by atoms with Crippen molar-refractivity contribution >= 4 is 40.6 Å². The third-order valence-electron chi connectivity index (χ3n) is 8.49. The summed E-state index contributed by atoms with van der Waals surface area (Å²) >= 11 is 3.02. The Bertz CT molecular complexity index is 1410. The highest BCUT2D eigenvalue weighted by Gasteiger charge is 2.69. The van der Waals surface area contributed by atoms with Gasteiger partial charge < -0.3 is 9.72 Å². The number of anilines is 1. The molecule has 0 spiro atoms. The zero-order valence-electron chi connectivity index (χ0n) is 19.3. The van der Waals surface area contributed by atoms with Crippen LogP contribution in [-0.2, 0) is 9.59 Å². The van der Waals surface area contributed by atoms with Crippen LogP contribution < -0.4 is 14.5 Å². The van der Waals surface area contributed by atoms with Gasteiger partial charge in [0.1, 0.15) is 5.75 Å². The highest BCUT2D eigenvalue weighted by Crippen LogP contribution is 2.68. The summed E-state index contributed by atoms with van der Waals surface area (Å²) in [6.45, 7) is 2.07. The summed E-state index contributed by atoms with van der Waals surface area (Å²) in [5, 5.41) is 1.15. The van der Waals surface area contributed by atoms with Crippen molar-refractivity contribution in [2.45, 2.75) is 29.5 Å². The molecule has 0 unspecified atom stereocenters. The molecule has 4 aliphatic rings. The smallest absolute Gasteiger partial charge is 0.305 e. The Morgan fingerprint density at radius 2 is 1.63 bits per heavy atom. The molecule has 35 heavy (non-hydrogen) atoms. The van der Waals surface area contributed by atoms with Crippen molar-refractivity contribution in [3.8, 4) is 5.75 Å². The van der Waals surface area contributed by atoms with E-state index >= 15 is 0 Å². The van der Waals surface area contributed by atoms with Gasteiger partial charge in [0, 0.05) is 16.0 Å². The summed E-state index contributed by atoms with van der Waals surface area (Å²) in [5.74, 6) is 0.510. The van der Waals surface area contributed by atoms with Gasteiger partial charge in [-0.15, -0.1) is 11.8 Å². The number of aromatic nitrogens is 1. The minimum Gasteiger partial charge on any atom is -0.497 e. The molecule has 2 aliphatic carbocycles. The third kappa shape index (κ3) is 2.93. The van der Waals surface area contributed by atoms with Gasteiger partial charge in [0.05, 0.1) is 29.7 Å². The van der Waals surface area contributed by atoms with Gasteiger partial charge in [-0.05, 0) is 60.9 Å². The van der Waals surface area contributed by atoms with E-state index in [4.69, 9.17) is 4.74 Å². The van der Waals surface area contributed by atoms with Crippen LogP contribution in [0.5, 0.6) is 5.75 Å². The Labute approximate surface area is 210 Å². The van der Waals surface area contributed by atoms with Crippen molar-refractivity contribution < 1.29 is 14.3 Å². The average Bonchev–Trinajstić information content (AvgIpc) is 3.59. The number of hydrogen-bond acceptors (Lipinski definition) is 6. The molecule has 178 valence electrons. The summed E-state index contributed by atoms with van der Waals surface area (Å²) in [6, 6.07) is 15.7. The van der Waals surface area contributed by atoms with Gasteiger partial charge in [0.25, 0.3) is 0 Å². The van der Waals surface area contributed by atoms with E-state index in [0.29, 0.717) is 11.4 Å². The predicted molar refractivity (Wildman–Crippen MR) is 135 cm³/mol. The second-order valence-corrected chi connectivity index (χ2v) is 12.3. The molecule has 7 rings (SSSR count). The van der Waals surface area contributed by atoms with Gasteiger partial charge in [-0.3, -0.25) is 19.3 Å². The minimum absolute atomic E-state index is 0.0371. The monoisotopic (exact) mass is 504 g/mol. The molecular formula is C27H24N2O4S2. The SMILES string of the molecule is COc1ccc(N2C(=O)[C@@H]3[C@H]4C[C@@H]([C@@H]3C2=O)[C@@H]2[C@H](c3ccc(C)cc3)c3sc(=O)[nH]c3S[C@@H]42)cc1. The maximum atomic E-state index is 13.8. The van der Waals surface area contributed by atoms with Crippen LogP contribution in [0, 0.1) is 36.5 Å². The van der Waals surface area contributed by atoms with E-state index in [0.717, 1.165) is 16.3 Å². The number of H-pyrrole nitrogens is 1. The molecule has 3 fully saturated rings. The first-order chi connectivity index (χ1) is 17.0. The zero-order valence-corrected chi connectivity index (χ0v) is 20.9. The number of carbonyl (C=O) groups excluding carboxylic acids is 2. The number of ether oxygens (including phenoxy) is 1. The molecule has 3 aromatic rings. The van der Waals surface area contributed by atoms with E-state index < -0.39 is 0 Å². The first-order valence-electron chi connectivity index (χ1n) is 11.9. The lowest BCUT2D eigenvalue weighted by atomic mass is 9.68. The summed E-state index contributed by atoms with van der Waals surface area (Å²) in [4.78, 5) is 45.3. The number of benzene rings is 2. The number of thioether (sulfide) groups is 1. The van der Waals surface area contributed by atoms with Crippen LogP contribution in [0.25, 0.3) is 0 Å². The minimum atomic E-state index is -0.290. The number of methoxy groups -OCH3 is 1. The molecule has 2 amide bonds. The highest BCUT2D eigenvalue weighted by atomic mass is 32.2. The van der Waals surface area contributed by atoms with Crippen molar-refractivity contribution in [2.75, 3.05) is 12.0 Å². The number of imide groups is 1. The second kappa shape index (κ2) is 7.58. The quantitative estimate of drug-likeness (QED) is 0.534. The number of nitrogens with zero attached hydrogens (tertiary/aromatic N) is 1. The number of rotatable bonds is 3. The van der Waals surface area contributed by atoms with E-state index in [-0.39, 0.29) is 57.4 Å². The van der Waals surface area contributed by atoms with Crippen LogP contribution in [-0.4, -0.2) is 29.2 Å². The molecule has 1 N–H and O–H groups in total. The van der Waals surface area contributed by atoms with Gasteiger partial charge in [-0.25, -0.2) is 0 Å². The second-order valence-electron chi connectivity index (χ2n) is 10.1. The number of thiazole rings is 1. The van der Waals surface area contributed by atoms with Crippen molar-refractivity contribution in [3.63, 3.8) is 0 Å².